The van der Waals surface area contributed by atoms with Crippen molar-refractivity contribution in [2.45, 2.75) is 31.3 Å². The highest BCUT2D eigenvalue weighted by Gasteiger charge is 2.46. The fraction of sp³-hybridized carbons (Fsp3) is 0.259. The molecule has 0 bridgehead atoms. The van der Waals surface area contributed by atoms with Crippen LogP contribution in [0.3, 0.4) is 0 Å². The van der Waals surface area contributed by atoms with Gasteiger partial charge in [0.05, 0.1) is 24.6 Å². The predicted octanol–water partition coefficient (Wildman–Crippen LogP) is 4.04. The smallest absolute Gasteiger partial charge is 0.325 e. The lowest BCUT2D eigenvalue weighted by atomic mass is 9.91. The van der Waals surface area contributed by atoms with Crippen LogP contribution in [-0.2, 0) is 19.2 Å². The third kappa shape index (κ3) is 6.40. The van der Waals surface area contributed by atoms with E-state index in [0.29, 0.717) is 5.82 Å². The number of hydrogen-bond acceptors (Lipinski definition) is 6. The van der Waals surface area contributed by atoms with E-state index in [-0.39, 0.29) is 25.6 Å². The highest BCUT2D eigenvalue weighted by molar-refractivity contribution is 14.1. The number of benzene rings is 2. The highest BCUT2D eigenvalue weighted by Crippen LogP contribution is 2.37. The minimum absolute atomic E-state index is 0.104. The lowest BCUT2D eigenvalue weighted by Gasteiger charge is -2.29. The molecule has 2 aromatic carbocycles. The number of urea groups is 1. The normalized spacial score (nSPS) is 16.6. The number of imide groups is 1. The Morgan fingerprint density at radius 3 is 2.63 bits per heavy atom. The average Bonchev–Trinajstić information content (AvgIpc) is 3.50. The van der Waals surface area contributed by atoms with Crippen LogP contribution >= 0.6 is 22.6 Å². The summed E-state index contributed by atoms with van der Waals surface area (Å²) in [4.78, 5) is 53.0. The largest absolute Gasteiger partial charge is 0.499 e. The van der Waals surface area contributed by atoms with E-state index in [1.54, 1.807) is 6.20 Å². The number of amides is 4. The van der Waals surface area contributed by atoms with Crippen LogP contribution < -0.4 is 10.8 Å². The average molecular weight is 629 g/mol. The van der Waals surface area contributed by atoms with Crippen LogP contribution in [0.15, 0.2) is 73.6 Å². The van der Waals surface area contributed by atoms with E-state index < -0.39 is 29.9 Å². The number of hydrogen-bond donors (Lipinski definition) is 3. The lowest BCUT2D eigenvalue weighted by Crippen LogP contribution is -2.39. The molecule has 1 aromatic heterocycles. The number of carbonyl (C=O) groups is 3. The van der Waals surface area contributed by atoms with Gasteiger partial charge < -0.3 is 15.0 Å². The number of nitrogens with zero attached hydrogens (tertiary/aromatic N) is 2. The predicted molar refractivity (Wildman–Crippen MR) is 148 cm³/mol. The van der Waals surface area contributed by atoms with Gasteiger partial charge in [0.1, 0.15) is 31.1 Å². The van der Waals surface area contributed by atoms with Crippen molar-refractivity contribution < 1.29 is 24.0 Å². The van der Waals surface area contributed by atoms with E-state index in [4.69, 9.17) is 9.57 Å². The van der Waals surface area contributed by atoms with E-state index in [1.165, 1.54) is 6.26 Å². The van der Waals surface area contributed by atoms with Gasteiger partial charge in [-0.15, -0.1) is 0 Å². The number of nitrogens with one attached hydrogen (secondary N) is 3. The van der Waals surface area contributed by atoms with Gasteiger partial charge in [0.15, 0.2) is 0 Å². The van der Waals surface area contributed by atoms with Gasteiger partial charge in [-0.3, -0.25) is 19.3 Å². The minimum Gasteiger partial charge on any atom is -0.499 e. The van der Waals surface area contributed by atoms with E-state index in [0.717, 1.165) is 25.3 Å². The number of carbonyl (C=O) groups excluding carboxylic acids is 3. The van der Waals surface area contributed by atoms with Crippen molar-refractivity contribution in [1.29, 1.82) is 0 Å². The summed E-state index contributed by atoms with van der Waals surface area (Å²) in [6, 6.07) is 15.2. The molecule has 0 unspecified atom stereocenters. The van der Waals surface area contributed by atoms with E-state index in [9.17, 15) is 14.4 Å². The molecule has 2 heterocycles. The summed E-state index contributed by atoms with van der Waals surface area (Å²) in [5.41, 5.74) is 4.89. The van der Waals surface area contributed by atoms with Crippen molar-refractivity contribution >= 4 is 40.4 Å². The van der Waals surface area contributed by atoms with Gasteiger partial charge in [-0.1, -0.05) is 56.0 Å². The molecule has 11 heteroatoms. The topological polar surface area (TPSA) is 126 Å². The Morgan fingerprint density at radius 2 is 1.92 bits per heavy atom. The molecular weight excluding hydrogens is 601 g/mol. The van der Waals surface area contributed by atoms with Gasteiger partial charge in [0.25, 0.3) is 5.91 Å². The molecule has 10 nitrogen and oxygen atoms in total. The molecule has 1 saturated heterocycles. The molecule has 3 atom stereocenters. The van der Waals surface area contributed by atoms with Crippen LogP contribution in [-0.4, -0.2) is 52.0 Å². The van der Waals surface area contributed by atoms with Gasteiger partial charge >= 0.3 is 6.03 Å². The molecule has 198 valence electrons. The number of aromatic nitrogens is 2. The Bertz CT molecular complexity index is 1280. The monoisotopic (exact) mass is 629 g/mol. The summed E-state index contributed by atoms with van der Waals surface area (Å²) in [6.07, 6.45) is 2.68. The van der Waals surface area contributed by atoms with Crippen molar-refractivity contribution in [1.82, 2.24) is 25.7 Å². The van der Waals surface area contributed by atoms with Gasteiger partial charge in [0, 0.05) is 9.49 Å². The number of ether oxygens (including phenoxy) is 1. The summed E-state index contributed by atoms with van der Waals surface area (Å²) in [7, 11) is 0. The third-order valence-corrected chi connectivity index (χ3v) is 6.88. The fourth-order valence-electron chi connectivity index (χ4n) is 4.27. The Morgan fingerprint density at radius 1 is 1.18 bits per heavy atom. The zero-order valence-electron chi connectivity index (χ0n) is 20.7. The number of halogens is 1. The quantitative estimate of drug-likeness (QED) is 0.0914. The maximum atomic E-state index is 13.5. The molecule has 3 N–H and O–H groups in total. The van der Waals surface area contributed by atoms with Gasteiger partial charge in [0.2, 0.25) is 5.91 Å². The Hall–Kier alpha value is -3.71. The van der Waals surface area contributed by atoms with Gasteiger partial charge in [-0.05, 0) is 45.9 Å². The van der Waals surface area contributed by atoms with Gasteiger partial charge in [-0.25, -0.2) is 15.3 Å². The zero-order valence-corrected chi connectivity index (χ0v) is 22.9. The van der Waals surface area contributed by atoms with Gasteiger partial charge in [-0.2, -0.15) is 0 Å². The van der Waals surface area contributed by atoms with Crippen LogP contribution in [0.5, 0.6) is 0 Å². The van der Waals surface area contributed by atoms with Crippen LogP contribution in [0, 0.1) is 3.57 Å². The maximum absolute atomic E-state index is 13.5. The Balaban J connectivity index is 1.56. The number of hydroxylamine groups is 1. The Kier molecular flexibility index (Phi) is 9.13. The summed E-state index contributed by atoms with van der Waals surface area (Å²) >= 11 is 2.24. The zero-order chi connectivity index (χ0) is 27.1. The number of H-pyrrole nitrogens is 1. The SMILES string of the molecule is C=COCCONC(=O)C[C@H]1NC(=O)N([C@H](c2ncc(-c3ccc(I)cc3)[nH]2)[C@@H](C)c2ccccc2)C1=O. The lowest BCUT2D eigenvalue weighted by molar-refractivity contribution is -0.138. The molecule has 1 aliphatic rings. The second kappa shape index (κ2) is 12.7. The molecule has 1 fully saturated rings. The second-order valence-corrected chi connectivity index (χ2v) is 9.90. The molecule has 4 rings (SSSR count). The molecular formula is C27H28IN5O5. The van der Waals surface area contributed by atoms with Crippen molar-refractivity contribution in [2.24, 2.45) is 0 Å². The first-order chi connectivity index (χ1) is 18.4. The van der Waals surface area contributed by atoms with E-state index >= 15 is 0 Å². The molecule has 38 heavy (non-hydrogen) atoms. The molecule has 0 spiro atoms. The van der Waals surface area contributed by atoms with Crippen LogP contribution in [0.2, 0.25) is 0 Å². The summed E-state index contributed by atoms with van der Waals surface area (Å²) in [5.74, 6) is -0.882. The minimum atomic E-state index is -1.04. The van der Waals surface area contributed by atoms with Crippen molar-refractivity contribution in [3.05, 3.63) is 88.6 Å². The molecule has 4 amide bonds. The van der Waals surface area contributed by atoms with Crippen LogP contribution in [0.1, 0.15) is 36.7 Å². The first-order valence-corrected chi connectivity index (χ1v) is 13.1. The highest BCUT2D eigenvalue weighted by atomic mass is 127. The second-order valence-electron chi connectivity index (χ2n) is 8.66. The molecule has 0 aliphatic carbocycles. The first-order valence-electron chi connectivity index (χ1n) is 12.0. The number of rotatable bonds is 12. The summed E-state index contributed by atoms with van der Waals surface area (Å²) < 4.78 is 6.02. The summed E-state index contributed by atoms with van der Waals surface area (Å²) in [6.45, 7) is 5.67. The Labute approximate surface area is 233 Å². The van der Waals surface area contributed by atoms with Crippen molar-refractivity contribution in [3.8, 4) is 11.3 Å². The van der Waals surface area contributed by atoms with Crippen LogP contribution in [0.4, 0.5) is 4.79 Å². The van der Waals surface area contributed by atoms with Crippen molar-refractivity contribution in [2.75, 3.05) is 13.2 Å². The molecule has 3 aromatic rings. The fourth-order valence-corrected chi connectivity index (χ4v) is 4.63. The number of imidazole rings is 1. The van der Waals surface area contributed by atoms with Crippen molar-refractivity contribution in [3.63, 3.8) is 0 Å². The molecule has 1 aliphatic heterocycles. The van der Waals surface area contributed by atoms with Crippen LogP contribution in [0.25, 0.3) is 11.3 Å². The first kappa shape index (κ1) is 27.3. The molecule has 0 radical (unpaired) electrons. The summed E-state index contributed by atoms with van der Waals surface area (Å²) in [5, 5.41) is 2.64. The molecule has 0 saturated carbocycles. The van der Waals surface area contributed by atoms with E-state index in [1.807, 2.05) is 61.5 Å². The third-order valence-electron chi connectivity index (χ3n) is 6.16. The maximum Gasteiger partial charge on any atom is 0.325 e. The van der Waals surface area contributed by atoms with E-state index in [2.05, 4.69) is 49.9 Å². The number of aromatic amines is 1. The standard InChI is InChI=1S/C27H28IN5O5/c1-3-37-13-14-38-32-23(34)15-21-26(35)33(27(36)31-21)24(17(2)18-7-5-4-6-8-18)25-29-16-22(30-25)19-9-11-20(28)12-10-19/h3-12,16-17,21,24H,1,13-15H2,2H3,(H,29,30)(H,31,36)(H,32,34)/t17-,21+,24-/m0/s1.